The summed E-state index contributed by atoms with van der Waals surface area (Å²) in [6.07, 6.45) is 2.25. The van der Waals surface area contributed by atoms with Crippen LogP contribution >= 0.6 is 0 Å². The molecule has 0 aromatic carbocycles. The standard InChI is InChI=1S/C11H12N4O2/c12-7-1-2-10(13-5-7)15-11(16)8-6-17-4-3-9(8)14-15/h1-2,5,14H,3-4,6,12H2. The number of hydrogen-bond donors (Lipinski definition) is 2. The molecule has 0 amide bonds. The molecule has 3 rings (SSSR count). The maximum absolute atomic E-state index is 12.1. The Balaban J connectivity index is 2.12. The van der Waals surface area contributed by atoms with E-state index in [2.05, 4.69) is 10.1 Å². The molecule has 2 aromatic heterocycles. The number of anilines is 1. The number of aromatic amines is 1. The number of nitrogens with one attached hydrogen (secondary N) is 1. The van der Waals surface area contributed by atoms with Crippen LogP contribution in [0.5, 0.6) is 0 Å². The van der Waals surface area contributed by atoms with Crippen LogP contribution in [0.15, 0.2) is 23.1 Å². The summed E-state index contributed by atoms with van der Waals surface area (Å²) in [5.74, 6) is 0.540. The number of ether oxygens (including phenoxy) is 1. The second kappa shape index (κ2) is 3.74. The smallest absolute Gasteiger partial charge is 0.278 e. The van der Waals surface area contributed by atoms with Crippen LogP contribution in [0.4, 0.5) is 5.69 Å². The lowest BCUT2D eigenvalue weighted by atomic mass is 10.2. The van der Waals surface area contributed by atoms with Gasteiger partial charge in [0.15, 0.2) is 5.82 Å². The molecule has 17 heavy (non-hydrogen) atoms. The highest BCUT2D eigenvalue weighted by Crippen LogP contribution is 2.12. The molecule has 3 N–H and O–H groups in total. The fourth-order valence-corrected chi connectivity index (χ4v) is 1.91. The number of nitrogen functional groups attached to an aromatic ring is 1. The topological polar surface area (TPSA) is 85.9 Å². The summed E-state index contributed by atoms with van der Waals surface area (Å²) < 4.78 is 6.70. The highest BCUT2D eigenvalue weighted by molar-refractivity contribution is 5.38. The third-order valence-electron chi connectivity index (χ3n) is 2.81. The van der Waals surface area contributed by atoms with Crippen molar-refractivity contribution < 1.29 is 4.74 Å². The maximum Gasteiger partial charge on any atom is 0.278 e. The van der Waals surface area contributed by atoms with E-state index in [9.17, 15) is 4.79 Å². The van der Waals surface area contributed by atoms with Crippen LogP contribution < -0.4 is 11.3 Å². The number of H-pyrrole nitrogens is 1. The molecule has 0 saturated heterocycles. The van der Waals surface area contributed by atoms with E-state index in [0.29, 0.717) is 30.3 Å². The minimum Gasteiger partial charge on any atom is -0.397 e. The van der Waals surface area contributed by atoms with E-state index in [4.69, 9.17) is 10.5 Å². The highest BCUT2D eigenvalue weighted by atomic mass is 16.5. The lowest BCUT2D eigenvalue weighted by molar-refractivity contribution is 0.109. The van der Waals surface area contributed by atoms with Crippen molar-refractivity contribution in [3.8, 4) is 5.82 Å². The van der Waals surface area contributed by atoms with E-state index in [-0.39, 0.29) is 5.56 Å². The first kappa shape index (κ1) is 10.1. The van der Waals surface area contributed by atoms with Gasteiger partial charge in [-0.25, -0.2) is 9.67 Å². The Labute approximate surface area is 97.0 Å². The molecule has 0 fully saturated rings. The minimum absolute atomic E-state index is 0.100. The highest BCUT2D eigenvalue weighted by Gasteiger charge is 2.18. The monoisotopic (exact) mass is 232 g/mol. The van der Waals surface area contributed by atoms with Crippen LogP contribution in [0.2, 0.25) is 0 Å². The van der Waals surface area contributed by atoms with E-state index in [1.807, 2.05) is 0 Å². The van der Waals surface area contributed by atoms with Crippen LogP contribution in [0.3, 0.4) is 0 Å². The molecule has 3 heterocycles. The van der Waals surface area contributed by atoms with E-state index < -0.39 is 0 Å². The van der Waals surface area contributed by atoms with Crippen molar-refractivity contribution in [3.05, 3.63) is 39.9 Å². The van der Waals surface area contributed by atoms with Crippen LogP contribution in [-0.2, 0) is 17.8 Å². The molecular formula is C11H12N4O2. The fourth-order valence-electron chi connectivity index (χ4n) is 1.91. The summed E-state index contributed by atoms with van der Waals surface area (Å²) in [5, 5.41) is 3.06. The molecule has 88 valence electrons. The molecule has 0 saturated carbocycles. The Morgan fingerprint density at radius 3 is 3.06 bits per heavy atom. The zero-order valence-electron chi connectivity index (χ0n) is 9.14. The molecule has 0 spiro atoms. The predicted octanol–water partition coefficient (Wildman–Crippen LogP) is 0.215. The molecule has 0 atom stereocenters. The van der Waals surface area contributed by atoms with Gasteiger partial charge in [0.2, 0.25) is 0 Å². The third kappa shape index (κ3) is 1.62. The van der Waals surface area contributed by atoms with Gasteiger partial charge in [0.25, 0.3) is 5.56 Å². The quantitative estimate of drug-likeness (QED) is 0.736. The summed E-state index contributed by atoms with van der Waals surface area (Å²) in [7, 11) is 0. The Morgan fingerprint density at radius 1 is 1.47 bits per heavy atom. The van der Waals surface area contributed by atoms with E-state index in [1.54, 1.807) is 12.1 Å². The molecule has 1 aliphatic rings. The Bertz CT molecular complexity index is 597. The number of nitrogens with two attached hydrogens (primary N) is 1. The van der Waals surface area contributed by atoms with Crippen molar-refractivity contribution in [2.24, 2.45) is 0 Å². The van der Waals surface area contributed by atoms with E-state index >= 15 is 0 Å². The SMILES string of the molecule is Nc1ccc(-n2[nH]c3c(c2=O)COCC3)nc1. The minimum atomic E-state index is -0.100. The first-order chi connectivity index (χ1) is 8.25. The van der Waals surface area contributed by atoms with Crippen molar-refractivity contribution in [2.45, 2.75) is 13.0 Å². The maximum atomic E-state index is 12.1. The summed E-state index contributed by atoms with van der Waals surface area (Å²) in [5.41, 5.74) is 7.65. The second-order valence-electron chi connectivity index (χ2n) is 3.96. The molecule has 6 heteroatoms. The summed E-state index contributed by atoms with van der Waals surface area (Å²) in [4.78, 5) is 16.2. The lowest BCUT2D eigenvalue weighted by Crippen LogP contribution is -2.20. The van der Waals surface area contributed by atoms with Crippen molar-refractivity contribution in [1.82, 2.24) is 14.8 Å². The molecule has 0 unspecified atom stereocenters. The number of rotatable bonds is 1. The molecule has 1 aliphatic heterocycles. The molecule has 6 nitrogen and oxygen atoms in total. The summed E-state index contributed by atoms with van der Waals surface area (Å²) in [6.45, 7) is 1.01. The lowest BCUT2D eigenvalue weighted by Gasteiger charge is -2.08. The van der Waals surface area contributed by atoms with Gasteiger partial charge >= 0.3 is 0 Å². The number of pyridine rings is 1. The molecular weight excluding hydrogens is 220 g/mol. The molecule has 0 aliphatic carbocycles. The van der Waals surface area contributed by atoms with Gasteiger partial charge in [-0.2, -0.15) is 0 Å². The fraction of sp³-hybridized carbons (Fsp3) is 0.273. The average Bonchev–Trinajstić information content (AvgIpc) is 2.69. The van der Waals surface area contributed by atoms with Crippen LogP contribution in [0.1, 0.15) is 11.3 Å². The number of fused-ring (bicyclic) bond motifs is 1. The van der Waals surface area contributed by atoms with Gasteiger partial charge in [-0.3, -0.25) is 9.89 Å². The van der Waals surface area contributed by atoms with Gasteiger partial charge in [0.05, 0.1) is 30.7 Å². The number of hydrogen-bond acceptors (Lipinski definition) is 4. The molecule has 0 bridgehead atoms. The van der Waals surface area contributed by atoms with Crippen molar-refractivity contribution >= 4 is 5.69 Å². The Hall–Kier alpha value is -2.08. The van der Waals surface area contributed by atoms with Gasteiger partial charge in [-0.05, 0) is 12.1 Å². The van der Waals surface area contributed by atoms with Crippen LogP contribution in [0.25, 0.3) is 5.82 Å². The molecule has 0 radical (unpaired) electrons. The second-order valence-corrected chi connectivity index (χ2v) is 3.96. The van der Waals surface area contributed by atoms with Crippen LogP contribution in [0, 0.1) is 0 Å². The first-order valence-corrected chi connectivity index (χ1v) is 5.38. The molecule has 2 aromatic rings. The zero-order chi connectivity index (χ0) is 11.8. The average molecular weight is 232 g/mol. The Morgan fingerprint density at radius 2 is 2.35 bits per heavy atom. The van der Waals surface area contributed by atoms with Crippen molar-refractivity contribution in [2.75, 3.05) is 12.3 Å². The number of aromatic nitrogens is 3. The van der Waals surface area contributed by atoms with Crippen molar-refractivity contribution in [3.63, 3.8) is 0 Å². The van der Waals surface area contributed by atoms with Crippen molar-refractivity contribution in [1.29, 1.82) is 0 Å². The van der Waals surface area contributed by atoms with Gasteiger partial charge in [0, 0.05) is 12.1 Å². The van der Waals surface area contributed by atoms with Gasteiger partial charge < -0.3 is 10.5 Å². The van der Waals surface area contributed by atoms with Crippen LogP contribution in [-0.4, -0.2) is 21.4 Å². The summed E-state index contributed by atoms with van der Waals surface area (Å²) in [6, 6.07) is 3.42. The van der Waals surface area contributed by atoms with E-state index in [0.717, 1.165) is 12.1 Å². The normalized spacial score (nSPS) is 14.6. The van der Waals surface area contributed by atoms with Gasteiger partial charge in [0.1, 0.15) is 0 Å². The van der Waals surface area contributed by atoms with Gasteiger partial charge in [-0.1, -0.05) is 0 Å². The predicted molar refractivity (Wildman–Crippen MR) is 62.0 cm³/mol. The zero-order valence-corrected chi connectivity index (χ0v) is 9.14. The first-order valence-electron chi connectivity index (χ1n) is 5.38. The largest absolute Gasteiger partial charge is 0.397 e. The van der Waals surface area contributed by atoms with Gasteiger partial charge in [-0.15, -0.1) is 0 Å². The Kier molecular flexibility index (Phi) is 2.22. The number of nitrogens with zero attached hydrogens (tertiary/aromatic N) is 2. The summed E-state index contributed by atoms with van der Waals surface area (Å²) >= 11 is 0. The third-order valence-corrected chi connectivity index (χ3v) is 2.81. The van der Waals surface area contributed by atoms with E-state index in [1.165, 1.54) is 10.9 Å².